The summed E-state index contributed by atoms with van der Waals surface area (Å²) < 4.78 is 39.6. The fourth-order valence-corrected chi connectivity index (χ4v) is 5.47. The molecule has 3 aromatic carbocycles. The van der Waals surface area contributed by atoms with E-state index in [4.69, 9.17) is 9.47 Å². The summed E-state index contributed by atoms with van der Waals surface area (Å²) in [5.74, 6) is 0.00805. The van der Waals surface area contributed by atoms with E-state index in [0.29, 0.717) is 18.0 Å². The van der Waals surface area contributed by atoms with E-state index in [1.54, 1.807) is 37.3 Å². The number of methoxy groups -OCH3 is 2. The van der Waals surface area contributed by atoms with Crippen LogP contribution in [0.4, 0.5) is 5.69 Å². The van der Waals surface area contributed by atoms with Gasteiger partial charge in [0, 0.05) is 19.2 Å². The minimum absolute atomic E-state index is 0.0702. The van der Waals surface area contributed by atoms with Crippen molar-refractivity contribution in [3.8, 4) is 11.5 Å². The second-order valence-corrected chi connectivity index (χ2v) is 11.5. The second-order valence-electron chi connectivity index (χ2n) is 9.69. The van der Waals surface area contributed by atoms with Gasteiger partial charge in [0.2, 0.25) is 11.8 Å². The lowest BCUT2D eigenvalue weighted by Gasteiger charge is -2.32. The highest BCUT2D eigenvalue weighted by molar-refractivity contribution is 7.92. The summed E-state index contributed by atoms with van der Waals surface area (Å²) in [6.45, 7) is 5.68. The summed E-state index contributed by atoms with van der Waals surface area (Å²) in [4.78, 5) is 28.3. The molecule has 2 amide bonds. The van der Waals surface area contributed by atoms with Crippen LogP contribution in [0.3, 0.4) is 0 Å². The molecule has 0 aliphatic rings. The van der Waals surface area contributed by atoms with Gasteiger partial charge in [-0.15, -0.1) is 0 Å². The first-order valence-electron chi connectivity index (χ1n) is 13.0. The molecule has 0 bridgehead atoms. The van der Waals surface area contributed by atoms with Crippen LogP contribution < -0.4 is 19.1 Å². The Labute approximate surface area is 236 Å². The van der Waals surface area contributed by atoms with E-state index in [1.807, 2.05) is 44.2 Å². The third-order valence-corrected chi connectivity index (χ3v) is 8.08. The minimum Gasteiger partial charge on any atom is -0.493 e. The van der Waals surface area contributed by atoms with Gasteiger partial charge in [-0.2, -0.15) is 0 Å². The Morgan fingerprint density at radius 1 is 0.850 bits per heavy atom. The molecule has 0 fully saturated rings. The normalized spacial score (nSPS) is 11.9. The van der Waals surface area contributed by atoms with Crippen molar-refractivity contribution in [3.63, 3.8) is 0 Å². The van der Waals surface area contributed by atoms with Crippen LogP contribution in [0.5, 0.6) is 11.5 Å². The molecule has 0 aliphatic carbocycles. The number of hydrogen-bond donors (Lipinski definition) is 1. The highest BCUT2D eigenvalue weighted by Gasteiger charge is 2.33. The van der Waals surface area contributed by atoms with Gasteiger partial charge < -0.3 is 19.7 Å². The predicted molar refractivity (Wildman–Crippen MR) is 155 cm³/mol. The molecule has 0 radical (unpaired) electrons. The quantitative estimate of drug-likeness (QED) is 0.334. The molecule has 214 valence electrons. The Hall–Kier alpha value is -4.05. The molecule has 3 rings (SSSR count). The minimum atomic E-state index is -4.23. The molecule has 0 unspecified atom stereocenters. The third kappa shape index (κ3) is 7.53. The monoisotopic (exact) mass is 567 g/mol. The van der Waals surface area contributed by atoms with Crippen LogP contribution in [-0.2, 0) is 26.2 Å². The number of anilines is 1. The maximum absolute atomic E-state index is 14.0. The van der Waals surface area contributed by atoms with Crippen LogP contribution in [0.1, 0.15) is 26.3 Å². The first kappa shape index (κ1) is 30.5. The molecule has 40 heavy (non-hydrogen) atoms. The van der Waals surface area contributed by atoms with E-state index >= 15 is 0 Å². The molecule has 1 N–H and O–H groups in total. The largest absolute Gasteiger partial charge is 0.493 e. The molecule has 3 aromatic rings. The zero-order valence-corrected chi connectivity index (χ0v) is 24.4. The van der Waals surface area contributed by atoms with Crippen LogP contribution in [-0.4, -0.2) is 58.5 Å². The van der Waals surface area contributed by atoms with Crippen LogP contribution in [0.2, 0.25) is 0 Å². The Morgan fingerprint density at radius 3 is 2.02 bits per heavy atom. The number of nitrogens with one attached hydrogen (secondary N) is 1. The Kier molecular flexibility index (Phi) is 10.6. The molecule has 9 nitrogen and oxygen atoms in total. The summed E-state index contributed by atoms with van der Waals surface area (Å²) in [5, 5.41) is 2.88. The van der Waals surface area contributed by atoms with Gasteiger partial charge in [0.1, 0.15) is 12.6 Å². The fraction of sp³-hybridized carbons (Fsp3) is 0.333. The number of carbonyl (C=O) groups excluding carboxylic acids is 2. The van der Waals surface area contributed by atoms with Gasteiger partial charge in [-0.05, 0) is 42.7 Å². The number of carbonyl (C=O) groups is 2. The standard InChI is InChI=1S/C30H37N3O6S/c1-22(2)19-31-30(35)23(3)32(20-24-12-8-6-9-13-24)29(34)21-33(25-14-10-7-11-15-25)40(36,37)26-16-17-27(38-4)28(18-26)39-5/h6-18,22-23H,19-21H2,1-5H3,(H,31,35)/t23-/m0/s1. The first-order chi connectivity index (χ1) is 19.1. The van der Waals surface area contributed by atoms with Crippen molar-refractivity contribution in [3.05, 3.63) is 84.4 Å². The molecule has 0 aliphatic heterocycles. The summed E-state index contributed by atoms with van der Waals surface area (Å²) >= 11 is 0. The van der Waals surface area contributed by atoms with Gasteiger partial charge in [0.05, 0.1) is 24.8 Å². The molecule has 10 heteroatoms. The Bertz CT molecular complexity index is 1380. The topological polar surface area (TPSA) is 105 Å². The summed E-state index contributed by atoms with van der Waals surface area (Å²) in [5.41, 5.74) is 1.12. The number of benzene rings is 3. The zero-order chi connectivity index (χ0) is 29.3. The van der Waals surface area contributed by atoms with Crippen molar-refractivity contribution in [2.24, 2.45) is 5.92 Å². The van der Waals surface area contributed by atoms with Crippen LogP contribution in [0, 0.1) is 5.92 Å². The zero-order valence-electron chi connectivity index (χ0n) is 23.5. The molecule has 1 atom stereocenters. The van der Waals surface area contributed by atoms with E-state index in [-0.39, 0.29) is 29.0 Å². The predicted octanol–water partition coefficient (Wildman–Crippen LogP) is 4.09. The summed E-state index contributed by atoms with van der Waals surface area (Å²) in [7, 11) is -1.36. The number of amides is 2. The number of para-hydroxylation sites is 1. The van der Waals surface area contributed by atoms with Gasteiger partial charge >= 0.3 is 0 Å². The Balaban J connectivity index is 2.01. The number of ether oxygens (including phenoxy) is 2. The van der Waals surface area contributed by atoms with E-state index in [1.165, 1.54) is 37.3 Å². The molecule has 0 spiro atoms. The summed E-state index contributed by atoms with van der Waals surface area (Å²) in [6.07, 6.45) is 0. The van der Waals surface area contributed by atoms with Gasteiger partial charge in [-0.25, -0.2) is 8.42 Å². The van der Waals surface area contributed by atoms with Crippen molar-refractivity contribution in [2.45, 2.75) is 38.3 Å². The van der Waals surface area contributed by atoms with E-state index in [2.05, 4.69) is 5.32 Å². The second kappa shape index (κ2) is 13.8. The number of nitrogens with zero attached hydrogens (tertiary/aromatic N) is 2. The summed E-state index contributed by atoms with van der Waals surface area (Å²) in [6, 6.07) is 21.1. The van der Waals surface area contributed by atoms with Crippen molar-refractivity contribution in [1.29, 1.82) is 0 Å². The smallest absolute Gasteiger partial charge is 0.264 e. The number of hydrogen-bond acceptors (Lipinski definition) is 6. The van der Waals surface area contributed by atoms with Crippen LogP contribution in [0.25, 0.3) is 0 Å². The van der Waals surface area contributed by atoms with Crippen molar-refractivity contribution >= 4 is 27.5 Å². The van der Waals surface area contributed by atoms with E-state index in [9.17, 15) is 18.0 Å². The molecule has 0 saturated heterocycles. The van der Waals surface area contributed by atoms with Crippen molar-refractivity contribution in [1.82, 2.24) is 10.2 Å². The first-order valence-corrected chi connectivity index (χ1v) is 14.4. The highest BCUT2D eigenvalue weighted by atomic mass is 32.2. The van der Waals surface area contributed by atoms with E-state index < -0.39 is 28.5 Å². The lowest BCUT2D eigenvalue weighted by molar-refractivity contribution is -0.139. The molecule has 0 aromatic heterocycles. The maximum atomic E-state index is 14.0. The third-order valence-electron chi connectivity index (χ3n) is 6.31. The van der Waals surface area contributed by atoms with Crippen molar-refractivity contribution in [2.75, 3.05) is 31.6 Å². The lowest BCUT2D eigenvalue weighted by Crippen LogP contribution is -2.51. The maximum Gasteiger partial charge on any atom is 0.264 e. The van der Waals surface area contributed by atoms with Crippen LogP contribution in [0.15, 0.2) is 83.8 Å². The lowest BCUT2D eigenvalue weighted by atomic mass is 10.1. The number of rotatable bonds is 13. The molecular formula is C30H37N3O6S. The average molecular weight is 568 g/mol. The van der Waals surface area contributed by atoms with Gasteiger partial charge in [0.25, 0.3) is 10.0 Å². The SMILES string of the molecule is COc1ccc(S(=O)(=O)N(CC(=O)N(Cc2ccccc2)[C@@H](C)C(=O)NCC(C)C)c2ccccc2)cc1OC. The van der Waals surface area contributed by atoms with E-state index in [0.717, 1.165) is 9.87 Å². The Morgan fingerprint density at radius 2 is 1.45 bits per heavy atom. The molecule has 0 heterocycles. The van der Waals surface area contributed by atoms with Gasteiger partial charge in [-0.1, -0.05) is 62.4 Å². The van der Waals surface area contributed by atoms with Crippen LogP contribution >= 0.6 is 0 Å². The average Bonchev–Trinajstić information content (AvgIpc) is 2.97. The molecular weight excluding hydrogens is 530 g/mol. The molecule has 0 saturated carbocycles. The van der Waals surface area contributed by atoms with Gasteiger partial charge in [-0.3, -0.25) is 13.9 Å². The van der Waals surface area contributed by atoms with Gasteiger partial charge in [0.15, 0.2) is 11.5 Å². The highest BCUT2D eigenvalue weighted by Crippen LogP contribution is 2.32. The number of sulfonamides is 1. The fourth-order valence-electron chi connectivity index (χ4n) is 4.04. The van der Waals surface area contributed by atoms with Crippen molar-refractivity contribution < 1.29 is 27.5 Å².